The van der Waals surface area contributed by atoms with Gasteiger partial charge in [0, 0.05) is 32.3 Å². The molecule has 30 heavy (non-hydrogen) atoms. The van der Waals surface area contributed by atoms with Crippen LogP contribution in [-0.2, 0) is 11.0 Å². The minimum Gasteiger partial charge on any atom is -0.343 e. The summed E-state index contributed by atoms with van der Waals surface area (Å²) in [5.41, 5.74) is -1.98. The van der Waals surface area contributed by atoms with Crippen LogP contribution in [0.3, 0.4) is 0 Å². The summed E-state index contributed by atoms with van der Waals surface area (Å²) < 4.78 is 42.0. The van der Waals surface area contributed by atoms with Crippen LogP contribution in [0.15, 0.2) is 34.1 Å². The Labute approximate surface area is 172 Å². The molecule has 3 heterocycles. The number of thiazole rings is 1. The first-order valence-corrected chi connectivity index (χ1v) is 10.2. The quantitative estimate of drug-likeness (QED) is 0.475. The van der Waals surface area contributed by atoms with Crippen molar-refractivity contribution in [3.8, 4) is 5.13 Å². The van der Waals surface area contributed by atoms with Gasteiger partial charge < -0.3 is 4.90 Å². The van der Waals surface area contributed by atoms with E-state index in [4.69, 9.17) is 0 Å². The van der Waals surface area contributed by atoms with E-state index in [0.717, 1.165) is 33.4 Å². The molecule has 1 aromatic carbocycles. The molecule has 11 heteroatoms. The summed E-state index contributed by atoms with van der Waals surface area (Å²) in [5.74, 6) is 0.0858. The van der Waals surface area contributed by atoms with Crippen LogP contribution >= 0.6 is 11.3 Å². The summed E-state index contributed by atoms with van der Waals surface area (Å²) in [6, 6.07) is 7.05. The summed E-state index contributed by atoms with van der Waals surface area (Å²) in [7, 11) is 0. The van der Waals surface area contributed by atoms with E-state index in [1.54, 1.807) is 29.2 Å². The largest absolute Gasteiger partial charge is 0.433 e. The Kier molecular flexibility index (Phi) is 5.46. The molecule has 1 amide bonds. The maximum atomic E-state index is 13.5. The third-order valence-electron chi connectivity index (χ3n) is 4.79. The van der Waals surface area contributed by atoms with Crippen LogP contribution in [0.4, 0.5) is 13.2 Å². The highest BCUT2D eigenvalue weighted by Gasteiger charge is 2.38. The number of halogens is 3. The van der Waals surface area contributed by atoms with Gasteiger partial charge in [-0.2, -0.15) is 17.9 Å². The topological polar surface area (TPSA) is 83.3 Å². The van der Waals surface area contributed by atoms with Gasteiger partial charge in [-0.05, 0) is 25.0 Å². The zero-order valence-electron chi connectivity index (χ0n) is 15.8. The van der Waals surface area contributed by atoms with E-state index in [1.165, 1.54) is 0 Å². The van der Waals surface area contributed by atoms with Gasteiger partial charge in [0.1, 0.15) is 0 Å². The summed E-state index contributed by atoms with van der Waals surface area (Å²) in [6.07, 6.45) is -1.92. The lowest BCUT2D eigenvalue weighted by molar-refractivity contribution is -0.141. The first kappa shape index (κ1) is 20.3. The molecule has 7 nitrogen and oxygen atoms in total. The Bertz CT molecular complexity index is 1130. The average Bonchev–Trinajstić information content (AvgIpc) is 3.38. The fraction of sp³-hybridized carbons (Fsp3) is 0.368. The zero-order chi connectivity index (χ0) is 21.3. The van der Waals surface area contributed by atoms with Crippen LogP contribution in [-0.4, -0.2) is 51.4 Å². The van der Waals surface area contributed by atoms with Gasteiger partial charge in [-0.25, -0.2) is 4.98 Å². The smallest absolute Gasteiger partial charge is 0.343 e. The second-order valence-electron chi connectivity index (χ2n) is 6.88. The third kappa shape index (κ3) is 4.02. The Hall–Kier alpha value is -2.95. The van der Waals surface area contributed by atoms with Crippen molar-refractivity contribution in [2.45, 2.75) is 25.4 Å². The number of aromatic amines is 1. The molecule has 2 aromatic heterocycles. The van der Waals surface area contributed by atoms with Gasteiger partial charge in [0.05, 0.1) is 15.8 Å². The lowest BCUT2D eigenvalue weighted by Gasteiger charge is -2.13. The molecule has 3 aromatic rings. The molecule has 1 aliphatic rings. The monoisotopic (exact) mass is 437 g/mol. The summed E-state index contributed by atoms with van der Waals surface area (Å²) in [6.45, 7) is 1.42. The van der Waals surface area contributed by atoms with Crippen molar-refractivity contribution in [3.63, 3.8) is 0 Å². The molecule has 0 saturated carbocycles. The highest BCUT2D eigenvalue weighted by atomic mass is 32.1. The van der Waals surface area contributed by atoms with Crippen molar-refractivity contribution >= 4 is 33.7 Å². The van der Waals surface area contributed by atoms with Gasteiger partial charge in [0.15, 0.2) is 5.69 Å². The van der Waals surface area contributed by atoms with Gasteiger partial charge in [0.25, 0.3) is 5.56 Å². The number of fused-ring (bicyclic) bond motifs is 1. The summed E-state index contributed by atoms with van der Waals surface area (Å²) >= 11 is 1.11. The molecule has 0 atom stereocenters. The van der Waals surface area contributed by atoms with Crippen molar-refractivity contribution in [2.75, 3.05) is 19.6 Å². The number of H-pyrrole nitrogens is 1. The first-order chi connectivity index (χ1) is 14.3. The summed E-state index contributed by atoms with van der Waals surface area (Å²) in [5, 5.41) is 2.27. The summed E-state index contributed by atoms with van der Waals surface area (Å²) in [4.78, 5) is 34.2. The number of nitrogens with zero attached hydrogens (tertiary/aromatic N) is 4. The molecule has 4 rings (SSSR count). The third-order valence-corrected chi connectivity index (χ3v) is 5.81. The number of nitrogens with one attached hydrogen (secondary N) is 1. The van der Waals surface area contributed by atoms with E-state index in [2.05, 4.69) is 15.1 Å². The van der Waals surface area contributed by atoms with Crippen molar-refractivity contribution in [1.82, 2.24) is 19.7 Å². The van der Waals surface area contributed by atoms with Crippen molar-refractivity contribution in [2.24, 2.45) is 4.99 Å². The first-order valence-electron chi connectivity index (χ1n) is 9.40. The molecule has 158 valence electrons. The van der Waals surface area contributed by atoms with Crippen LogP contribution in [0.25, 0.3) is 15.3 Å². The average molecular weight is 437 g/mol. The van der Waals surface area contributed by atoms with Crippen molar-refractivity contribution in [3.05, 3.63) is 45.9 Å². The van der Waals surface area contributed by atoms with Gasteiger partial charge >= 0.3 is 6.18 Å². The number of rotatable bonds is 6. The van der Waals surface area contributed by atoms with Crippen LogP contribution < -0.4 is 5.56 Å². The van der Waals surface area contributed by atoms with Gasteiger partial charge in [-0.3, -0.25) is 19.7 Å². The Balaban J connectivity index is 1.57. The fourth-order valence-electron chi connectivity index (χ4n) is 3.33. The van der Waals surface area contributed by atoms with E-state index in [1.807, 2.05) is 0 Å². The number of hydrogen-bond donors (Lipinski definition) is 1. The maximum Gasteiger partial charge on any atom is 0.433 e. The van der Waals surface area contributed by atoms with E-state index in [-0.39, 0.29) is 17.6 Å². The van der Waals surface area contributed by atoms with Crippen LogP contribution in [0, 0.1) is 0 Å². The fourth-order valence-corrected chi connectivity index (χ4v) is 4.25. The molecule has 1 aliphatic heterocycles. The van der Waals surface area contributed by atoms with E-state index in [0.29, 0.717) is 31.4 Å². The minimum atomic E-state index is -4.75. The number of alkyl halides is 3. The normalized spacial score (nSPS) is 15.2. The lowest BCUT2D eigenvalue weighted by Crippen LogP contribution is -2.26. The number of aliphatic imine (C=N–C) groups is 1. The molecule has 0 radical (unpaired) electrons. The lowest BCUT2D eigenvalue weighted by atomic mass is 10.2. The van der Waals surface area contributed by atoms with Gasteiger partial charge in [-0.15, -0.1) is 0 Å². The van der Waals surface area contributed by atoms with E-state index >= 15 is 0 Å². The van der Waals surface area contributed by atoms with Crippen molar-refractivity contribution < 1.29 is 18.0 Å². The van der Waals surface area contributed by atoms with Gasteiger partial charge in [-0.1, -0.05) is 23.5 Å². The number of carbonyl (C=O) groups is 1. The second kappa shape index (κ2) is 8.05. The van der Waals surface area contributed by atoms with Gasteiger partial charge in [0.2, 0.25) is 11.0 Å². The second-order valence-corrected chi connectivity index (χ2v) is 7.89. The molecule has 1 fully saturated rings. The van der Waals surface area contributed by atoms with Crippen molar-refractivity contribution in [1.29, 1.82) is 0 Å². The van der Waals surface area contributed by atoms with Crippen LogP contribution in [0.1, 0.15) is 30.5 Å². The Morgan fingerprint density at radius 2 is 2.07 bits per heavy atom. The maximum absolute atomic E-state index is 13.5. The highest BCUT2D eigenvalue weighted by molar-refractivity contribution is 7.20. The van der Waals surface area contributed by atoms with E-state index < -0.39 is 23.0 Å². The Morgan fingerprint density at radius 3 is 2.77 bits per heavy atom. The number of para-hydroxylation sites is 1. The SMILES string of the molecule is O=C1CCCN1CCCN=Cc1c(C(F)(F)F)[nH]n(-c2nc3ccccc3s2)c1=O. The predicted octanol–water partition coefficient (Wildman–Crippen LogP) is 3.23. The number of carbonyl (C=O) groups excluding carboxylic acids is 1. The molecule has 0 spiro atoms. The zero-order valence-corrected chi connectivity index (χ0v) is 16.6. The molecule has 0 bridgehead atoms. The number of amides is 1. The number of hydrogen-bond acceptors (Lipinski definition) is 5. The molecular formula is C19H18F3N5O2S. The predicted molar refractivity (Wildman–Crippen MR) is 107 cm³/mol. The highest BCUT2D eigenvalue weighted by Crippen LogP contribution is 2.30. The molecular weight excluding hydrogens is 419 g/mol. The molecule has 0 aliphatic carbocycles. The number of aromatic nitrogens is 3. The minimum absolute atomic E-state index is 0.0858. The number of likely N-dealkylation sites (tertiary alicyclic amines) is 1. The Morgan fingerprint density at radius 1 is 1.27 bits per heavy atom. The molecule has 0 unspecified atom stereocenters. The van der Waals surface area contributed by atoms with Crippen LogP contribution in [0.5, 0.6) is 0 Å². The van der Waals surface area contributed by atoms with Crippen LogP contribution in [0.2, 0.25) is 0 Å². The molecule has 1 N–H and O–H groups in total. The number of benzene rings is 1. The molecule has 1 saturated heterocycles. The van der Waals surface area contributed by atoms with E-state index in [9.17, 15) is 22.8 Å². The standard InChI is InChI=1S/C19H18F3N5O2S/c20-19(21,22)16-12(11-23-8-4-10-26-9-3-7-15(26)28)17(29)27(25-16)18-24-13-5-1-2-6-14(13)30-18/h1-2,5-6,11,25H,3-4,7-10H2.